The predicted molar refractivity (Wildman–Crippen MR) is 110 cm³/mol. The highest BCUT2D eigenvalue weighted by atomic mass is 16.5. The highest BCUT2D eigenvalue weighted by Gasteiger charge is 2.30. The Labute approximate surface area is 168 Å². The number of hydrogen-bond acceptors (Lipinski definition) is 6. The van der Waals surface area contributed by atoms with Crippen molar-refractivity contribution < 1.29 is 14.3 Å². The molecule has 10 nitrogen and oxygen atoms in total. The van der Waals surface area contributed by atoms with Crippen molar-refractivity contribution in [3.8, 4) is 5.75 Å². The minimum atomic E-state index is -0.858. The maximum atomic E-state index is 13.2. The number of unbranched alkanes of at least 4 members (excludes halogenated alkanes) is 1. The molecule has 0 aliphatic carbocycles. The molecule has 1 aliphatic heterocycles. The van der Waals surface area contributed by atoms with Gasteiger partial charge in [-0.3, -0.25) is 18.9 Å². The van der Waals surface area contributed by atoms with E-state index < -0.39 is 11.5 Å². The zero-order valence-corrected chi connectivity index (χ0v) is 17.1. The summed E-state index contributed by atoms with van der Waals surface area (Å²) in [5, 5.41) is 0. The van der Waals surface area contributed by atoms with Crippen LogP contribution in [-0.2, 0) is 0 Å². The molecule has 0 atom stereocenters. The van der Waals surface area contributed by atoms with E-state index in [1.54, 1.807) is 24.2 Å². The Hall–Kier alpha value is -3.30. The van der Waals surface area contributed by atoms with Gasteiger partial charge in [-0.1, -0.05) is 13.3 Å². The number of hydrogen-bond donors (Lipinski definition) is 1. The summed E-state index contributed by atoms with van der Waals surface area (Å²) in [7, 11) is 5.37. The van der Waals surface area contributed by atoms with Gasteiger partial charge in [-0.25, -0.2) is 9.78 Å². The van der Waals surface area contributed by atoms with E-state index in [0.29, 0.717) is 24.5 Å². The van der Waals surface area contributed by atoms with E-state index in [-0.39, 0.29) is 29.7 Å². The second-order valence-electron chi connectivity index (χ2n) is 7.19. The number of carbonyl (C=O) groups is 2. The number of primary amides is 1. The molecular weight excluding hydrogens is 376 g/mol. The number of nitrogens with zero attached hydrogens (tertiary/aromatic N) is 5. The number of ether oxygens (including phenoxy) is 1. The van der Waals surface area contributed by atoms with Gasteiger partial charge in [0.05, 0.1) is 18.0 Å². The van der Waals surface area contributed by atoms with Crippen molar-refractivity contribution in [3.63, 3.8) is 0 Å². The molecule has 0 radical (unpaired) electrons. The Morgan fingerprint density at radius 3 is 2.59 bits per heavy atom. The fraction of sp³-hybridized carbons (Fsp3) is 0.474. The number of urea groups is 1. The molecule has 10 heteroatoms. The molecular formula is C19H26N6O4. The van der Waals surface area contributed by atoms with Crippen LogP contribution in [0.5, 0.6) is 5.75 Å². The third-order valence-corrected chi connectivity index (χ3v) is 4.85. The zero-order valence-electron chi connectivity index (χ0n) is 17.1. The smallest absolute Gasteiger partial charge is 0.324 e. The normalized spacial score (nSPS) is 14.0. The van der Waals surface area contributed by atoms with Crippen LogP contribution in [0.15, 0.2) is 17.1 Å². The van der Waals surface area contributed by atoms with Crippen LogP contribution in [0.2, 0.25) is 0 Å². The Kier molecular flexibility index (Phi) is 5.62. The lowest BCUT2D eigenvalue weighted by molar-refractivity contribution is 0.0990. The number of aromatic nitrogens is 2. The van der Waals surface area contributed by atoms with Gasteiger partial charge >= 0.3 is 11.6 Å². The minimum absolute atomic E-state index is 0.171. The van der Waals surface area contributed by atoms with E-state index in [9.17, 15) is 14.4 Å². The summed E-state index contributed by atoms with van der Waals surface area (Å²) < 4.78 is 6.89. The quantitative estimate of drug-likeness (QED) is 0.689. The van der Waals surface area contributed by atoms with Gasteiger partial charge in [0.25, 0.3) is 5.91 Å². The van der Waals surface area contributed by atoms with Gasteiger partial charge in [0, 0.05) is 40.4 Å². The summed E-state index contributed by atoms with van der Waals surface area (Å²) in [6.07, 6.45) is 3.20. The van der Waals surface area contributed by atoms with Gasteiger partial charge < -0.3 is 20.3 Å². The molecule has 0 spiro atoms. The fourth-order valence-corrected chi connectivity index (χ4v) is 3.12. The Bertz CT molecular complexity index is 1020. The molecule has 1 saturated heterocycles. The van der Waals surface area contributed by atoms with Crippen molar-refractivity contribution in [3.05, 3.63) is 28.3 Å². The van der Waals surface area contributed by atoms with Gasteiger partial charge in [0.15, 0.2) is 11.3 Å². The Morgan fingerprint density at radius 2 is 2.03 bits per heavy atom. The molecule has 2 N–H and O–H groups in total. The lowest BCUT2D eigenvalue weighted by Gasteiger charge is -2.22. The van der Waals surface area contributed by atoms with Gasteiger partial charge in [-0.15, -0.1) is 0 Å². The fourth-order valence-electron chi connectivity index (χ4n) is 3.12. The standard InChI is InChI=1S/C19H26N6O4/c1-5-6-9-29-15-14(16(20)26)21-17-13(24-8-7-23(4)19(24)28)10-12(22(2)3)11-25(17)18(15)27/h10-11H,5-9H2,1-4H3,(H2,20,26). The summed E-state index contributed by atoms with van der Waals surface area (Å²) in [5.41, 5.74) is 6.03. The van der Waals surface area contributed by atoms with Crippen molar-refractivity contribution in [1.29, 1.82) is 0 Å². The second-order valence-corrected chi connectivity index (χ2v) is 7.19. The summed E-state index contributed by atoms with van der Waals surface area (Å²) in [5.74, 6) is -1.03. The number of nitrogens with two attached hydrogens (primary N) is 1. The van der Waals surface area contributed by atoms with Gasteiger partial charge in [-0.05, 0) is 12.5 Å². The molecule has 2 aromatic rings. The van der Waals surface area contributed by atoms with Crippen LogP contribution in [0.3, 0.4) is 0 Å². The summed E-state index contributed by atoms with van der Waals surface area (Å²) in [4.78, 5) is 47.1. The summed E-state index contributed by atoms with van der Waals surface area (Å²) in [6, 6.07) is 1.56. The first-order chi connectivity index (χ1) is 13.8. The molecule has 29 heavy (non-hydrogen) atoms. The number of carbonyl (C=O) groups excluding carboxylic acids is 2. The molecule has 0 bridgehead atoms. The number of fused-ring (bicyclic) bond motifs is 1. The van der Waals surface area contributed by atoms with Crippen LogP contribution < -0.4 is 25.8 Å². The maximum Gasteiger partial charge on any atom is 0.324 e. The van der Waals surface area contributed by atoms with E-state index in [0.717, 1.165) is 12.8 Å². The summed E-state index contributed by atoms with van der Waals surface area (Å²) >= 11 is 0. The molecule has 3 rings (SSSR count). The van der Waals surface area contributed by atoms with E-state index in [1.165, 1.54) is 9.30 Å². The third-order valence-electron chi connectivity index (χ3n) is 4.85. The van der Waals surface area contributed by atoms with Crippen LogP contribution in [0.4, 0.5) is 16.2 Å². The van der Waals surface area contributed by atoms with Crippen LogP contribution in [0.25, 0.3) is 5.65 Å². The van der Waals surface area contributed by atoms with E-state index >= 15 is 0 Å². The Morgan fingerprint density at radius 1 is 1.31 bits per heavy atom. The highest BCUT2D eigenvalue weighted by molar-refractivity contribution is 5.99. The number of likely N-dealkylation sites (N-methyl/N-ethyl adjacent to an activating group) is 1. The highest BCUT2D eigenvalue weighted by Crippen LogP contribution is 2.29. The molecule has 0 saturated carbocycles. The number of anilines is 2. The largest absolute Gasteiger partial charge is 0.486 e. The zero-order chi connectivity index (χ0) is 21.3. The SMILES string of the molecule is CCCCOc1c(C(N)=O)nc2c(N3CCN(C)C3=O)cc(N(C)C)cn2c1=O. The number of pyridine rings is 1. The molecule has 1 aliphatic rings. The van der Waals surface area contributed by atoms with Crippen LogP contribution in [-0.4, -0.2) is 67.1 Å². The lowest BCUT2D eigenvalue weighted by Crippen LogP contribution is -2.32. The average Bonchev–Trinajstić information content (AvgIpc) is 3.01. The molecule has 1 fully saturated rings. The molecule has 2 aromatic heterocycles. The Balaban J connectivity index is 2.29. The van der Waals surface area contributed by atoms with Gasteiger partial charge in [0.1, 0.15) is 0 Å². The monoisotopic (exact) mass is 402 g/mol. The van der Waals surface area contributed by atoms with Crippen LogP contribution in [0, 0.1) is 0 Å². The summed E-state index contributed by atoms with van der Waals surface area (Å²) in [6.45, 7) is 3.25. The molecule has 3 amide bonds. The van der Waals surface area contributed by atoms with Crippen molar-refractivity contribution in [2.24, 2.45) is 5.73 Å². The predicted octanol–water partition coefficient (Wildman–Crippen LogP) is 0.910. The topological polar surface area (TPSA) is 113 Å². The van der Waals surface area contributed by atoms with Crippen molar-refractivity contribution in [2.45, 2.75) is 19.8 Å². The molecule has 0 unspecified atom stereocenters. The molecule has 156 valence electrons. The third kappa shape index (κ3) is 3.69. The number of rotatable bonds is 7. The molecule has 0 aromatic carbocycles. The van der Waals surface area contributed by atoms with Crippen molar-refractivity contribution in [2.75, 3.05) is 50.6 Å². The average molecular weight is 402 g/mol. The first kappa shape index (κ1) is 20.4. The van der Waals surface area contributed by atoms with Gasteiger partial charge in [0.2, 0.25) is 5.75 Å². The number of amides is 3. The van der Waals surface area contributed by atoms with Crippen molar-refractivity contribution >= 4 is 29.0 Å². The first-order valence-electron chi connectivity index (χ1n) is 9.49. The minimum Gasteiger partial charge on any atom is -0.486 e. The first-order valence-corrected chi connectivity index (χ1v) is 9.49. The van der Waals surface area contributed by atoms with E-state index in [1.807, 2.05) is 25.9 Å². The van der Waals surface area contributed by atoms with Crippen LogP contribution >= 0.6 is 0 Å². The maximum absolute atomic E-state index is 13.2. The van der Waals surface area contributed by atoms with Gasteiger partial charge in [-0.2, -0.15) is 0 Å². The van der Waals surface area contributed by atoms with Crippen molar-refractivity contribution in [1.82, 2.24) is 14.3 Å². The molecule has 3 heterocycles. The second kappa shape index (κ2) is 7.98. The van der Waals surface area contributed by atoms with E-state index in [4.69, 9.17) is 10.5 Å². The lowest BCUT2D eigenvalue weighted by atomic mass is 10.2. The van der Waals surface area contributed by atoms with Crippen LogP contribution in [0.1, 0.15) is 30.3 Å². The van der Waals surface area contributed by atoms with E-state index in [2.05, 4.69) is 4.98 Å².